The Morgan fingerprint density at radius 3 is 2.53 bits per heavy atom. The molecule has 2 N–H and O–H groups in total. The average Bonchev–Trinajstić information content (AvgIpc) is 3.41. The van der Waals surface area contributed by atoms with E-state index in [2.05, 4.69) is 26.8 Å². The number of methoxy groups -OCH3 is 2. The minimum Gasteiger partial charge on any atom is -0.493 e. The molecule has 0 aliphatic rings. The maximum absolute atomic E-state index is 12.0. The number of hydrogen-bond donors (Lipinski definition) is 2. The van der Waals surface area contributed by atoms with Crippen molar-refractivity contribution in [2.24, 2.45) is 0 Å². The molecule has 34 heavy (non-hydrogen) atoms. The molecule has 0 aliphatic carbocycles. The molecule has 8 nitrogen and oxygen atoms in total. The van der Waals surface area contributed by atoms with Gasteiger partial charge in [0.1, 0.15) is 12.7 Å². The number of amides is 1. The molecule has 3 aromatic rings. The molecule has 0 spiro atoms. The first kappa shape index (κ1) is 25.0. The van der Waals surface area contributed by atoms with Gasteiger partial charge in [0, 0.05) is 13.0 Å². The molecule has 0 unspecified atom stereocenters. The molecule has 0 saturated heterocycles. The summed E-state index contributed by atoms with van der Waals surface area (Å²) in [6, 6.07) is 13.9. The standard InChI is InChI=1S/C26H33N5O3/c1-33-24-14-11-22(18-25(24)34-2)7-4-15-27-16-5-17-29-26(32)8-3-6-21-9-12-23(13-10-21)31-20-28-19-30-31/h3,6,9-14,18-20,27H,4-5,7-8,15-17H2,1-2H3,(H,29,32)/b6-3+. The number of rotatable bonds is 14. The molecule has 0 aliphatic heterocycles. The first-order valence-corrected chi connectivity index (χ1v) is 11.5. The van der Waals surface area contributed by atoms with Crippen LogP contribution in [-0.2, 0) is 11.2 Å². The Hall–Kier alpha value is -3.65. The molecule has 8 heteroatoms. The zero-order valence-electron chi connectivity index (χ0n) is 19.9. The van der Waals surface area contributed by atoms with Gasteiger partial charge >= 0.3 is 0 Å². The number of aromatic nitrogens is 3. The Morgan fingerprint density at radius 2 is 1.79 bits per heavy atom. The number of carbonyl (C=O) groups is 1. The largest absolute Gasteiger partial charge is 0.493 e. The van der Waals surface area contributed by atoms with Crippen LogP contribution in [-0.4, -0.2) is 54.5 Å². The van der Waals surface area contributed by atoms with Gasteiger partial charge in [-0.2, -0.15) is 5.10 Å². The fourth-order valence-electron chi connectivity index (χ4n) is 3.47. The summed E-state index contributed by atoms with van der Waals surface area (Å²) >= 11 is 0. The lowest BCUT2D eigenvalue weighted by atomic mass is 10.1. The summed E-state index contributed by atoms with van der Waals surface area (Å²) in [5.41, 5.74) is 3.21. The molecule has 1 heterocycles. The Balaban J connectivity index is 1.22. The number of ether oxygens (including phenoxy) is 2. The van der Waals surface area contributed by atoms with Gasteiger partial charge in [0.15, 0.2) is 11.5 Å². The van der Waals surface area contributed by atoms with E-state index < -0.39 is 0 Å². The van der Waals surface area contributed by atoms with Gasteiger partial charge in [-0.05, 0) is 67.7 Å². The van der Waals surface area contributed by atoms with Crippen molar-refractivity contribution in [3.63, 3.8) is 0 Å². The molecule has 0 bridgehead atoms. The molecule has 0 radical (unpaired) electrons. The second kappa shape index (κ2) is 13.8. The monoisotopic (exact) mass is 463 g/mol. The molecular formula is C26H33N5O3. The van der Waals surface area contributed by atoms with Crippen LogP contribution in [0.15, 0.2) is 61.2 Å². The summed E-state index contributed by atoms with van der Waals surface area (Å²) in [5, 5.41) is 10.5. The second-order valence-electron chi connectivity index (χ2n) is 7.78. The molecular weight excluding hydrogens is 430 g/mol. The van der Waals surface area contributed by atoms with Crippen molar-refractivity contribution in [2.45, 2.75) is 25.7 Å². The van der Waals surface area contributed by atoms with Gasteiger partial charge < -0.3 is 20.1 Å². The minimum atomic E-state index is 0.0314. The van der Waals surface area contributed by atoms with Crippen LogP contribution in [0.5, 0.6) is 11.5 Å². The summed E-state index contributed by atoms with van der Waals surface area (Å²) in [5.74, 6) is 1.54. The van der Waals surface area contributed by atoms with Crippen LogP contribution in [0.2, 0.25) is 0 Å². The summed E-state index contributed by atoms with van der Waals surface area (Å²) in [6.07, 6.45) is 10.3. The third-order valence-electron chi connectivity index (χ3n) is 5.31. The maximum atomic E-state index is 12.0. The smallest absolute Gasteiger partial charge is 0.223 e. The summed E-state index contributed by atoms with van der Waals surface area (Å²) in [4.78, 5) is 16.0. The van der Waals surface area contributed by atoms with Gasteiger partial charge in [0.2, 0.25) is 5.91 Å². The maximum Gasteiger partial charge on any atom is 0.223 e. The van der Waals surface area contributed by atoms with Crippen LogP contribution in [0.3, 0.4) is 0 Å². The Morgan fingerprint density at radius 1 is 1.00 bits per heavy atom. The van der Waals surface area contributed by atoms with E-state index in [0.717, 1.165) is 55.1 Å². The zero-order valence-corrected chi connectivity index (χ0v) is 19.9. The Bertz CT molecular complexity index is 1030. The first-order valence-electron chi connectivity index (χ1n) is 11.5. The number of hydrogen-bond acceptors (Lipinski definition) is 6. The van der Waals surface area contributed by atoms with E-state index in [9.17, 15) is 4.79 Å². The number of nitrogens with zero attached hydrogens (tertiary/aromatic N) is 3. The molecule has 0 atom stereocenters. The van der Waals surface area contributed by atoms with Crippen LogP contribution >= 0.6 is 0 Å². The molecule has 2 aromatic carbocycles. The van der Waals surface area contributed by atoms with Crippen LogP contribution < -0.4 is 20.1 Å². The van der Waals surface area contributed by atoms with E-state index in [1.54, 1.807) is 25.2 Å². The van der Waals surface area contributed by atoms with Crippen molar-refractivity contribution in [1.29, 1.82) is 0 Å². The Kier molecular flexibility index (Phi) is 10.1. The second-order valence-corrected chi connectivity index (χ2v) is 7.78. The van der Waals surface area contributed by atoms with Gasteiger partial charge in [-0.15, -0.1) is 0 Å². The van der Waals surface area contributed by atoms with E-state index in [-0.39, 0.29) is 5.91 Å². The minimum absolute atomic E-state index is 0.0314. The normalized spacial score (nSPS) is 11.0. The fourth-order valence-corrected chi connectivity index (χ4v) is 3.47. The molecule has 1 aromatic heterocycles. The van der Waals surface area contributed by atoms with E-state index in [4.69, 9.17) is 9.47 Å². The van der Waals surface area contributed by atoms with Crippen molar-refractivity contribution in [2.75, 3.05) is 33.9 Å². The third-order valence-corrected chi connectivity index (χ3v) is 5.31. The molecule has 180 valence electrons. The van der Waals surface area contributed by atoms with Crippen molar-refractivity contribution >= 4 is 12.0 Å². The highest BCUT2D eigenvalue weighted by molar-refractivity contribution is 5.78. The summed E-state index contributed by atoms with van der Waals surface area (Å²) < 4.78 is 12.3. The van der Waals surface area contributed by atoms with E-state index in [0.29, 0.717) is 13.0 Å². The highest BCUT2D eigenvalue weighted by Crippen LogP contribution is 2.27. The lowest BCUT2D eigenvalue weighted by molar-refractivity contribution is -0.120. The predicted molar refractivity (Wildman–Crippen MR) is 133 cm³/mol. The van der Waals surface area contributed by atoms with E-state index in [1.807, 2.05) is 48.6 Å². The summed E-state index contributed by atoms with van der Waals surface area (Å²) in [6.45, 7) is 2.48. The van der Waals surface area contributed by atoms with Crippen LogP contribution in [0.1, 0.15) is 30.4 Å². The topological polar surface area (TPSA) is 90.3 Å². The van der Waals surface area contributed by atoms with Crippen molar-refractivity contribution in [3.05, 3.63) is 72.3 Å². The predicted octanol–water partition coefficient (Wildman–Crippen LogP) is 3.42. The van der Waals surface area contributed by atoms with Crippen molar-refractivity contribution in [3.8, 4) is 17.2 Å². The van der Waals surface area contributed by atoms with Crippen LogP contribution in [0.4, 0.5) is 0 Å². The van der Waals surface area contributed by atoms with Gasteiger partial charge in [-0.25, -0.2) is 9.67 Å². The lowest BCUT2D eigenvalue weighted by Gasteiger charge is -2.10. The zero-order chi connectivity index (χ0) is 24.0. The molecule has 1 amide bonds. The number of aryl methyl sites for hydroxylation is 1. The number of benzene rings is 2. The van der Waals surface area contributed by atoms with E-state index in [1.165, 1.54) is 11.9 Å². The van der Waals surface area contributed by atoms with Gasteiger partial charge in [0.05, 0.1) is 19.9 Å². The number of nitrogens with one attached hydrogen (secondary N) is 2. The van der Waals surface area contributed by atoms with Gasteiger partial charge in [-0.1, -0.05) is 30.4 Å². The van der Waals surface area contributed by atoms with Crippen LogP contribution in [0, 0.1) is 0 Å². The van der Waals surface area contributed by atoms with Crippen LogP contribution in [0.25, 0.3) is 11.8 Å². The first-order chi connectivity index (χ1) is 16.7. The summed E-state index contributed by atoms with van der Waals surface area (Å²) in [7, 11) is 3.29. The average molecular weight is 464 g/mol. The van der Waals surface area contributed by atoms with Gasteiger partial charge in [0.25, 0.3) is 0 Å². The number of carbonyl (C=O) groups excluding carboxylic acids is 1. The molecule has 3 rings (SSSR count). The van der Waals surface area contributed by atoms with Gasteiger partial charge in [-0.3, -0.25) is 4.79 Å². The Labute approximate surface area is 201 Å². The van der Waals surface area contributed by atoms with Crippen molar-refractivity contribution in [1.82, 2.24) is 25.4 Å². The molecule has 0 saturated carbocycles. The lowest BCUT2D eigenvalue weighted by Crippen LogP contribution is -2.27. The van der Waals surface area contributed by atoms with E-state index >= 15 is 0 Å². The highest BCUT2D eigenvalue weighted by atomic mass is 16.5. The quantitative estimate of drug-likeness (QED) is 0.356. The SMILES string of the molecule is COc1ccc(CCCNCCCNC(=O)C/C=C/c2ccc(-n3cncn3)cc2)cc1OC. The molecule has 0 fully saturated rings. The van der Waals surface area contributed by atoms with Crippen molar-refractivity contribution < 1.29 is 14.3 Å². The highest BCUT2D eigenvalue weighted by Gasteiger charge is 2.04. The third kappa shape index (κ3) is 8.04. The fraction of sp³-hybridized carbons (Fsp3) is 0.346.